The van der Waals surface area contributed by atoms with E-state index in [2.05, 4.69) is 10.3 Å². The maximum Gasteiger partial charge on any atom is 0.298 e. The molecular formula is C12H10N2O2. The van der Waals surface area contributed by atoms with Crippen LogP contribution in [0.5, 0.6) is 5.75 Å². The summed E-state index contributed by atoms with van der Waals surface area (Å²) in [6.07, 6.45) is 3.43. The predicted octanol–water partition coefficient (Wildman–Crippen LogP) is 2.36. The number of anilines is 2. The lowest BCUT2D eigenvalue weighted by Crippen LogP contribution is -1.91. The summed E-state index contributed by atoms with van der Waals surface area (Å²) in [7, 11) is 0. The molecule has 0 radical (unpaired) electrons. The van der Waals surface area contributed by atoms with Crippen LogP contribution in [0.2, 0.25) is 0 Å². The molecule has 4 nitrogen and oxygen atoms in total. The van der Waals surface area contributed by atoms with Crippen molar-refractivity contribution in [3.05, 3.63) is 48.8 Å². The number of hydrogen-bond acceptors (Lipinski definition) is 4. The lowest BCUT2D eigenvalue weighted by atomic mass is 10.3. The van der Waals surface area contributed by atoms with E-state index in [0.717, 1.165) is 11.4 Å². The van der Waals surface area contributed by atoms with Crippen molar-refractivity contribution in [2.75, 3.05) is 5.32 Å². The average Bonchev–Trinajstić information content (AvgIpc) is 2.33. The molecule has 1 aromatic heterocycles. The highest BCUT2D eigenvalue weighted by molar-refractivity contribution is 5.60. The molecule has 0 bridgehead atoms. The van der Waals surface area contributed by atoms with Gasteiger partial charge in [-0.15, -0.1) is 0 Å². The number of rotatable bonds is 4. The van der Waals surface area contributed by atoms with Crippen LogP contribution in [0.25, 0.3) is 0 Å². The Bertz CT molecular complexity index is 454. The minimum Gasteiger partial charge on any atom is -0.429 e. The van der Waals surface area contributed by atoms with Gasteiger partial charge in [-0.3, -0.25) is 9.78 Å². The molecule has 0 aliphatic carbocycles. The second-order valence-electron chi connectivity index (χ2n) is 3.10. The van der Waals surface area contributed by atoms with Crippen LogP contribution in [-0.2, 0) is 4.79 Å². The molecule has 80 valence electrons. The third-order valence-corrected chi connectivity index (χ3v) is 2.01. The molecule has 16 heavy (non-hydrogen) atoms. The highest BCUT2D eigenvalue weighted by Crippen LogP contribution is 2.18. The van der Waals surface area contributed by atoms with Gasteiger partial charge in [-0.2, -0.15) is 0 Å². The van der Waals surface area contributed by atoms with Crippen molar-refractivity contribution >= 4 is 17.8 Å². The van der Waals surface area contributed by atoms with Gasteiger partial charge in [-0.1, -0.05) is 0 Å². The first kappa shape index (κ1) is 10.2. The first-order valence-electron chi connectivity index (χ1n) is 4.76. The van der Waals surface area contributed by atoms with Gasteiger partial charge in [0.15, 0.2) is 0 Å². The zero-order valence-corrected chi connectivity index (χ0v) is 8.46. The van der Waals surface area contributed by atoms with Gasteiger partial charge in [-0.05, 0) is 36.4 Å². The highest BCUT2D eigenvalue weighted by Gasteiger charge is 1.95. The van der Waals surface area contributed by atoms with E-state index in [1.54, 1.807) is 24.5 Å². The van der Waals surface area contributed by atoms with Crippen LogP contribution in [0.4, 0.5) is 11.4 Å². The van der Waals surface area contributed by atoms with E-state index in [1.807, 2.05) is 24.3 Å². The monoisotopic (exact) mass is 214 g/mol. The number of nitrogens with one attached hydrogen (secondary N) is 1. The fourth-order valence-electron chi connectivity index (χ4n) is 1.27. The summed E-state index contributed by atoms with van der Waals surface area (Å²) in [6.45, 7) is 0.408. The minimum atomic E-state index is 0.408. The van der Waals surface area contributed by atoms with Crippen LogP contribution in [0.15, 0.2) is 48.8 Å². The zero-order valence-electron chi connectivity index (χ0n) is 8.46. The van der Waals surface area contributed by atoms with E-state index in [9.17, 15) is 4.79 Å². The van der Waals surface area contributed by atoms with Crippen molar-refractivity contribution in [1.29, 1.82) is 0 Å². The highest BCUT2D eigenvalue weighted by atomic mass is 16.5. The van der Waals surface area contributed by atoms with Crippen molar-refractivity contribution in [3.63, 3.8) is 0 Å². The molecule has 0 saturated carbocycles. The molecule has 1 aromatic carbocycles. The fraction of sp³-hybridized carbons (Fsp3) is 0. The summed E-state index contributed by atoms with van der Waals surface area (Å²) in [5.41, 5.74) is 1.88. The largest absolute Gasteiger partial charge is 0.429 e. The summed E-state index contributed by atoms with van der Waals surface area (Å²) >= 11 is 0. The Morgan fingerprint density at radius 1 is 1.00 bits per heavy atom. The van der Waals surface area contributed by atoms with Gasteiger partial charge in [0.1, 0.15) is 5.75 Å². The summed E-state index contributed by atoms with van der Waals surface area (Å²) in [5.74, 6) is 0.523. The number of nitrogens with zero attached hydrogens (tertiary/aromatic N) is 1. The van der Waals surface area contributed by atoms with Crippen molar-refractivity contribution < 1.29 is 9.53 Å². The predicted molar refractivity (Wildman–Crippen MR) is 60.7 cm³/mol. The normalized spacial score (nSPS) is 9.50. The third-order valence-electron chi connectivity index (χ3n) is 2.01. The Labute approximate surface area is 92.9 Å². The molecule has 2 aromatic rings. The smallest absolute Gasteiger partial charge is 0.298 e. The number of carbonyl (C=O) groups is 1. The lowest BCUT2D eigenvalue weighted by molar-refractivity contribution is -0.120. The van der Waals surface area contributed by atoms with E-state index in [1.165, 1.54) is 0 Å². The molecule has 2 rings (SSSR count). The van der Waals surface area contributed by atoms with Crippen molar-refractivity contribution in [2.45, 2.75) is 0 Å². The van der Waals surface area contributed by atoms with Crippen LogP contribution in [0.1, 0.15) is 0 Å². The van der Waals surface area contributed by atoms with Gasteiger partial charge < -0.3 is 10.1 Å². The Morgan fingerprint density at radius 3 is 2.25 bits per heavy atom. The van der Waals surface area contributed by atoms with Crippen LogP contribution in [0.3, 0.4) is 0 Å². The van der Waals surface area contributed by atoms with Crippen molar-refractivity contribution in [3.8, 4) is 5.75 Å². The second-order valence-corrected chi connectivity index (χ2v) is 3.10. The standard InChI is InChI=1S/C12H10N2O2/c15-9-16-12-3-1-10(2-4-12)14-11-5-7-13-8-6-11/h1-9H,(H,13,14). The quantitative estimate of drug-likeness (QED) is 0.794. The van der Waals surface area contributed by atoms with E-state index < -0.39 is 0 Å². The summed E-state index contributed by atoms with van der Waals surface area (Å²) in [6, 6.07) is 10.8. The van der Waals surface area contributed by atoms with E-state index in [4.69, 9.17) is 4.74 Å². The number of carbonyl (C=O) groups excluding carboxylic acids is 1. The minimum absolute atomic E-state index is 0.408. The van der Waals surface area contributed by atoms with Crippen molar-refractivity contribution in [1.82, 2.24) is 4.98 Å². The van der Waals surface area contributed by atoms with Crippen LogP contribution >= 0.6 is 0 Å². The molecule has 1 heterocycles. The molecule has 1 N–H and O–H groups in total. The van der Waals surface area contributed by atoms with Gasteiger partial charge in [0.05, 0.1) is 0 Å². The summed E-state index contributed by atoms with van der Waals surface area (Å²) in [5, 5.41) is 3.19. The second kappa shape index (κ2) is 4.93. The van der Waals surface area contributed by atoms with Crippen molar-refractivity contribution in [2.24, 2.45) is 0 Å². The molecule has 0 unspecified atom stereocenters. The Morgan fingerprint density at radius 2 is 1.62 bits per heavy atom. The topological polar surface area (TPSA) is 51.2 Å². The van der Waals surface area contributed by atoms with E-state index >= 15 is 0 Å². The van der Waals surface area contributed by atoms with Gasteiger partial charge >= 0.3 is 0 Å². The van der Waals surface area contributed by atoms with E-state index in [-0.39, 0.29) is 0 Å². The number of pyridine rings is 1. The zero-order chi connectivity index (χ0) is 11.2. The molecule has 0 saturated heterocycles. The molecule has 0 aliphatic rings. The molecule has 0 spiro atoms. The first-order valence-corrected chi connectivity index (χ1v) is 4.76. The van der Waals surface area contributed by atoms with Gasteiger partial charge in [-0.25, -0.2) is 0 Å². The van der Waals surface area contributed by atoms with Gasteiger partial charge in [0.2, 0.25) is 0 Å². The summed E-state index contributed by atoms with van der Waals surface area (Å²) < 4.78 is 4.69. The number of hydrogen-bond donors (Lipinski definition) is 1. The molecule has 0 aliphatic heterocycles. The number of ether oxygens (including phenoxy) is 1. The van der Waals surface area contributed by atoms with Gasteiger partial charge in [0.25, 0.3) is 6.47 Å². The van der Waals surface area contributed by atoms with Crippen LogP contribution < -0.4 is 10.1 Å². The van der Waals surface area contributed by atoms with Crippen LogP contribution in [0, 0.1) is 0 Å². The Kier molecular flexibility index (Phi) is 3.13. The third kappa shape index (κ3) is 2.57. The maximum absolute atomic E-state index is 10.1. The Hall–Kier alpha value is -2.36. The first-order chi connectivity index (χ1) is 7.88. The van der Waals surface area contributed by atoms with Gasteiger partial charge in [0, 0.05) is 23.8 Å². The molecular weight excluding hydrogens is 204 g/mol. The Balaban J connectivity index is 2.08. The van der Waals surface area contributed by atoms with Crippen LogP contribution in [-0.4, -0.2) is 11.5 Å². The molecule has 0 fully saturated rings. The fourth-order valence-corrected chi connectivity index (χ4v) is 1.27. The molecule has 0 atom stereocenters. The summed E-state index contributed by atoms with van der Waals surface area (Å²) in [4.78, 5) is 14.0. The molecule has 4 heteroatoms. The maximum atomic E-state index is 10.1. The number of benzene rings is 1. The molecule has 0 amide bonds. The average molecular weight is 214 g/mol. The van der Waals surface area contributed by atoms with E-state index in [0.29, 0.717) is 12.2 Å². The number of aromatic nitrogens is 1. The lowest BCUT2D eigenvalue weighted by Gasteiger charge is -2.06. The SMILES string of the molecule is O=COc1ccc(Nc2ccncc2)cc1.